The van der Waals surface area contributed by atoms with E-state index < -0.39 is 6.23 Å². The molecule has 0 bridgehead atoms. The van der Waals surface area contributed by atoms with Gasteiger partial charge in [-0.05, 0) is 13.1 Å². The quantitative estimate of drug-likeness (QED) is 0.365. The Morgan fingerprint density at radius 1 is 1.00 bits per heavy atom. The van der Waals surface area contributed by atoms with Crippen LogP contribution in [0.3, 0.4) is 0 Å². The largest absolute Gasteiger partial charge is 0.493 e. The molecule has 4 N–H and O–H groups in total. The van der Waals surface area contributed by atoms with Crippen molar-refractivity contribution in [3.63, 3.8) is 0 Å². The van der Waals surface area contributed by atoms with Crippen LogP contribution in [0.15, 0.2) is 42.6 Å². The summed E-state index contributed by atoms with van der Waals surface area (Å²) in [6.07, 6.45) is 0.634. The van der Waals surface area contributed by atoms with Crippen molar-refractivity contribution in [1.29, 1.82) is 0 Å². The van der Waals surface area contributed by atoms with Gasteiger partial charge in [0.2, 0.25) is 11.7 Å². The monoisotopic (exact) mass is 445 g/mol. The standard InChI is InChI=1S/C21H24ClN5O4/c1-23-20(28)13-7-5-6-8-15(13)26-19-14(22)11-24-21(27-19)25-12-9-16(29-2)18(31-4)17(10-12)30-3/h5-11,20,23,28H,1-4H3,(H2,24,25,26,27). The summed E-state index contributed by atoms with van der Waals surface area (Å²) >= 11 is 6.30. The molecule has 0 aliphatic rings. The maximum atomic E-state index is 10.2. The Bertz CT molecular complexity index is 1030. The number of nitrogens with zero attached hydrogens (tertiary/aromatic N) is 2. The van der Waals surface area contributed by atoms with Gasteiger partial charge in [-0.15, -0.1) is 0 Å². The third-order valence-corrected chi connectivity index (χ3v) is 4.72. The number of halogens is 1. The third kappa shape index (κ3) is 5.08. The van der Waals surface area contributed by atoms with E-state index in [0.29, 0.717) is 51.0 Å². The maximum absolute atomic E-state index is 10.2. The molecule has 1 heterocycles. The minimum atomic E-state index is -0.846. The van der Waals surface area contributed by atoms with E-state index in [0.717, 1.165) is 0 Å². The van der Waals surface area contributed by atoms with Gasteiger partial charge in [-0.2, -0.15) is 4.98 Å². The Morgan fingerprint density at radius 3 is 2.29 bits per heavy atom. The highest BCUT2D eigenvalue weighted by Crippen LogP contribution is 2.40. The van der Waals surface area contributed by atoms with Gasteiger partial charge in [-0.3, -0.25) is 5.32 Å². The molecule has 0 spiro atoms. The highest BCUT2D eigenvalue weighted by atomic mass is 35.5. The van der Waals surface area contributed by atoms with E-state index in [1.54, 1.807) is 39.5 Å². The van der Waals surface area contributed by atoms with Gasteiger partial charge in [0.05, 0.1) is 27.5 Å². The first-order chi connectivity index (χ1) is 15.0. The summed E-state index contributed by atoms with van der Waals surface area (Å²) in [6, 6.07) is 10.8. The number of rotatable bonds is 9. The minimum Gasteiger partial charge on any atom is -0.493 e. The number of aliphatic hydroxyl groups excluding tert-OH is 1. The SMILES string of the molecule is CNC(O)c1ccccc1Nc1nc(Nc2cc(OC)c(OC)c(OC)c2)ncc1Cl. The minimum absolute atomic E-state index is 0.299. The second kappa shape index (κ2) is 10.2. The topological polar surface area (TPSA) is 110 Å². The average molecular weight is 446 g/mol. The fourth-order valence-electron chi connectivity index (χ4n) is 2.93. The number of methoxy groups -OCH3 is 3. The van der Waals surface area contributed by atoms with Gasteiger partial charge in [0.15, 0.2) is 17.3 Å². The molecule has 0 amide bonds. The third-order valence-electron chi connectivity index (χ3n) is 4.45. The molecule has 3 rings (SSSR count). The molecule has 3 aromatic rings. The van der Waals surface area contributed by atoms with Crippen LogP contribution in [0.2, 0.25) is 5.02 Å². The molecule has 0 aliphatic carbocycles. The summed E-state index contributed by atoms with van der Waals surface area (Å²) in [6.45, 7) is 0. The molecule has 0 radical (unpaired) electrons. The summed E-state index contributed by atoms with van der Waals surface area (Å²) in [5.74, 6) is 2.14. The van der Waals surface area contributed by atoms with Crippen molar-refractivity contribution in [1.82, 2.24) is 15.3 Å². The predicted molar refractivity (Wildman–Crippen MR) is 120 cm³/mol. The number of hydrogen-bond acceptors (Lipinski definition) is 9. The van der Waals surface area contributed by atoms with E-state index in [1.165, 1.54) is 13.3 Å². The highest BCUT2D eigenvalue weighted by Gasteiger charge is 2.15. The van der Waals surface area contributed by atoms with Crippen LogP contribution in [-0.4, -0.2) is 43.5 Å². The van der Waals surface area contributed by atoms with Gasteiger partial charge in [0.1, 0.15) is 11.3 Å². The van der Waals surface area contributed by atoms with Crippen LogP contribution < -0.4 is 30.2 Å². The first kappa shape index (κ1) is 22.4. The second-order valence-electron chi connectivity index (χ2n) is 6.33. The van der Waals surface area contributed by atoms with Crippen molar-refractivity contribution in [3.05, 3.63) is 53.2 Å². The lowest BCUT2D eigenvalue weighted by Crippen LogP contribution is -2.16. The van der Waals surface area contributed by atoms with Crippen LogP contribution in [0.1, 0.15) is 11.8 Å². The first-order valence-corrected chi connectivity index (χ1v) is 9.69. The number of ether oxygens (including phenoxy) is 3. The van der Waals surface area contributed by atoms with E-state index >= 15 is 0 Å². The smallest absolute Gasteiger partial charge is 0.229 e. The first-order valence-electron chi connectivity index (χ1n) is 9.31. The molecule has 0 saturated heterocycles. The van der Waals surface area contributed by atoms with Crippen LogP contribution in [-0.2, 0) is 0 Å². The zero-order chi connectivity index (χ0) is 22.4. The van der Waals surface area contributed by atoms with E-state index in [2.05, 4.69) is 25.9 Å². The molecule has 10 heteroatoms. The van der Waals surface area contributed by atoms with Crippen LogP contribution in [0.5, 0.6) is 17.2 Å². The predicted octanol–water partition coefficient (Wildman–Crippen LogP) is 3.85. The maximum Gasteiger partial charge on any atom is 0.229 e. The Balaban J connectivity index is 1.91. The number of nitrogens with one attached hydrogen (secondary N) is 3. The van der Waals surface area contributed by atoms with Crippen molar-refractivity contribution in [2.75, 3.05) is 39.0 Å². The zero-order valence-corrected chi connectivity index (χ0v) is 18.3. The van der Waals surface area contributed by atoms with E-state index in [4.69, 9.17) is 25.8 Å². The number of aromatic nitrogens is 2. The molecule has 164 valence electrons. The van der Waals surface area contributed by atoms with Crippen LogP contribution in [0, 0.1) is 0 Å². The molecule has 9 nitrogen and oxygen atoms in total. The van der Waals surface area contributed by atoms with Crippen molar-refractivity contribution in [3.8, 4) is 17.2 Å². The Labute approximate surface area is 185 Å². The van der Waals surface area contributed by atoms with Gasteiger partial charge in [-0.1, -0.05) is 29.8 Å². The fourth-order valence-corrected chi connectivity index (χ4v) is 3.07. The van der Waals surface area contributed by atoms with Crippen molar-refractivity contribution in [2.45, 2.75) is 6.23 Å². The van der Waals surface area contributed by atoms with Crippen LogP contribution in [0.25, 0.3) is 0 Å². The molecule has 2 aromatic carbocycles. The molecule has 1 aromatic heterocycles. The highest BCUT2D eigenvalue weighted by molar-refractivity contribution is 6.32. The van der Waals surface area contributed by atoms with Crippen LogP contribution in [0.4, 0.5) is 23.1 Å². The molecule has 31 heavy (non-hydrogen) atoms. The number of para-hydroxylation sites is 1. The summed E-state index contributed by atoms with van der Waals surface area (Å²) < 4.78 is 16.1. The van der Waals surface area contributed by atoms with Gasteiger partial charge < -0.3 is 30.0 Å². The number of benzene rings is 2. The Morgan fingerprint density at radius 2 is 1.68 bits per heavy atom. The Kier molecular flexibility index (Phi) is 7.35. The molecular weight excluding hydrogens is 422 g/mol. The summed E-state index contributed by atoms with van der Waals surface area (Å²) in [7, 11) is 6.28. The molecular formula is C21H24ClN5O4. The molecule has 1 unspecified atom stereocenters. The summed E-state index contributed by atoms with van der Waals surface area (Å²) in [4.78, 5) is 8.70. The van der Waals surface area contributed by atoms with E-state index in [1.807, 2.05) is 18.2 Å². The summed E-state index contributed by atoms with van der Waals surface area (Å²) in [5.41, 5.74) is 1.94. The van der Waals surface area contributed by atoms with Gasteiger partial charge in [0, 0.05) is 29.1 Å². The van der Waals surface area contributed by atoms with Crippen molar-refractivity contribution in [2.24, 2.45) is 0 Å². The van der Waals surface area contributed by atoms with Crippen LogP contribution >= 0.6 is 11.6 Å². The normalized spacial score (nSPS) is 11.5. The number of hydrogen-bond donors (Lipinski definition) is 4. The van der Waals surface area contributed by atoms with Gasteiger partial charge in [-0.25, -0.2) is 4.98 Å². The lowest BCUT2D eigenvalue weighted by Gasteiger charge is -2.17. The molecule has 0 fully saturated rings. The van der Waals surface area contributed by atoms with Crippen molar-refractivity contribution >= 4 is 34.7 Å². The lowest BCUT2D eigenvalue weighted by molar-refractivity contribution is 0.150. The zero-order valence-electron chi connectivity index (χ0n) is 17.6. The summed E-state index contributed by atoms with van der Waals surface area (Å²) in [5, 5.41) is 19.6. The molecule has 0 saturated carbocycles. The second-order valence-corrected chi connectivity index (χ2v) is 6.74. The Hall–Kier alpha value is -3.27. The molecule has 0 aliphatic heterocycles. The average Bonchev–Trinajstić information content (AvgIpc) is 2.80. The van der Waals surface area contributed by atoms with E-state index in [9.17, 15) is 5.11 Å². The van der Waals surface area contributed by atoms with Crippen molar-refractivity contribution < 1.29 is 19.3 Å². The van der Waals surface area contributed by atoms with E-state index in [-0.39, 0.29) is 0 Å². The van der Waals surface area contributed by atoms with Gasteiger partial charge >= 0.3 is 0 Å². The van der Waals surface area contributed by atoms with Gasteiger partial charge in [0.25, 0.3) is 0 Å². The number of aliphatic hydroxyl groups is 1. The fraction of sp³-hybridized carbons (Fsp3) is 0.238. The lowest BCUT2D eigenvalue weighted by atomic mass is 10.1. The molecule has 1 atom stereocenters. The number of anilines is 4.